The summed E-state index contributed by atoms with van der Waals surface area (Å²) in [6.45, 7) is 2.40. The summed E-state index contributed by atoms with van der Waals surface area (Å²) in [7, 11) is 0. The van der Waals surface area contributed by atoms with Crippen LogP contribution in [0.2, 0.25) is 0 Å². The third kappa shape index (κ3) is 5.13. The number of furan rings is 2. The molecule has 1 saturated carbocycles. The van der Waals surface area contributed by atoms with E-state index in [1.54, 1.807) is 29.2 Å². The second kappa shape index (κ2) is 10.4. The van der Waals surface area contributed by atoms with E-state index >= 15 is 0 Å². The molecule has 2 aromatic heterocycles. The summed E-state index contributed by atoms with van der Waals surface area (Å²) in [6, 6.07) is 14.1. The van der Waals surface area contributed by atoms with Crippen molar-refractivity contribution in [3.05, 3.63) is 83.7 Å². The fourth-order valence-corrected chi connectivity index (χ4v) is 4.42. The molecule has 0 bridgehead atoms. The number of carbonyl (C=O) groups excluding carboxylic acids is 2. The number of hydrogen-bond acceptors (Lipinski definition) is 4. The Morgan fingerprint density at radius 2 is 1.75 bits per heavy atom. The molecule has 1 fully saturated rings. The van der Waals surface area contributed by atoms with E-state index in [1.807, 2.05) is 25.1 Å². The van der Waals surface area contributed by atoms with Gasteiger partial charge in [-0.2, -0.15) is 0 Å². The quantitative estimate of drug-likeness (QED) is 0.538. The minimum atomic E-state index is -0.867. The summed E-state index contributed by atoms with van der Waals surface area (Å²) in [6.07, 6.45) is 8.97. The van der Waals surface area contributed by atoms with Gasteiger partial charge in [-0.15, -0.1) is 0 Å². The van der Waals surface area contributed by atoms with Gasteiger partial charge in [-0.25, -0.2) is 0 Å². The molecule has 32 heavy (non-hydrogen) atoms. The van der Waals surface area contributed by atoms with E-state index in [0.29, 0.717) is 18.7 Å². The molecule has 0 radical (unpaired) electrons. The largest absolute Gasteiger partial charge is 0.467 e. The second-order valence-electron chi connectivity index (χ2n) is 8.41. The maximum Gasteiger partial charge on any atom is 0.290 e. The van der Waals surface area contributed by atoms with Crippen LogP contribution in [0.5, 0.6) is 0 Å². The third-order valence-corrected chi connectivity index (χ3v) is 6.20. The Bertz CT molecular complexity index is 1000. The molecule has 4 rings (SSSR count). The van der Waals surface area contributed by atoms with E-state index in [0.717, 1.165) is 36.8 Å². The van der Waals surface area contributed by atoms with Crippen molar-refractivity contribution in [3.8, 4) is 0 Å². The van der Waals surface area contributed by atoms with Gasteiger partial charge >= 0.3 is 0 Å². The van der Waals surface area contributed by atoms with Gasteiger partial charge in [-0.3, -0.25) is 9.59 Å². The number of nitrogens with one attached hydrogen (secondary N) is 1. The lowest BCUT2D eigenvalue weighted by molar-refractivity contribution is -0.127. The molecule has 2 heterocycles. The Kier molecular flexibility index (Phi) is 7.10. The Labute approximate surface area is 188 Å². The van der Waals surface area contributed by atoms with Crippen molar-refractivity contribution in [1.82, 2.24) is 10.2 Å². The number of carbonyl (C=O) groups is 2. The fourth-order valence-electron chi connectivity index (χ4n) is 4.42. The standard InChI is InChI=1S/C26H30N2O4/c1-19-9-5-6-10-20(19)15-16-28(26(30)23-14-8-18-32-23)24(22-13-7-17-31-22)25(29)27-21-11-3-2-4-12-21/h5-10,13-14,17-18,21,24H,2-4,11-12,15-16H2,1H3,(H,27,29)/t24-/m0/s1. The first-order chi connectivity index (χ1) is 15.6. The first-order valence-corrected chi connectivity index (χ1v) is 11.4. The smallest absolute Gasteiger partial charge is 0.290 e. The number of rotatable bonds is 8. The van der Waals surface area contributed by atoms with Crippen LogP contribution in [0.3, 0.4) is 0 Å². The molecule has 1 aromatic carbocycles. The Morgan fingerprint density at radius 3 is 2.44 bits per heavy atom. The van der Waals surface area contributed by atoms with Gasteiger partial charge in [-0.1, -0.05) is 43.5 Å². The molecule has 0 aliphatic heterocycles. The van der Waals surface area contributed by atoms with Gasteiger partial charge in [0.15, 0.2) is 11.8 Å². The summed E-state index contributed by atoms with van der Waals surface area (Å²) in [5.41, 5.74) is 2.29. The van der Waals surface area contributed by atoms with E-state index in [9.17, 15) is 9.59 Å². The summed E-state index contributed by atoms with van der Waals surface area (Å²) in [5, 5.41) is 3.17. The Morgan fingerprint density at radius 1 is 1.00 bits per heavy atom. The van der Waals surface area contributed by atoms with Crippen LogP contribution in [0.1, 0.15) is 65.6 Å². The highest BCUT2D eigenvalue weighted by atomic mass is 16.3. The summed E-state index contributed by atoms with van der Waals surface area (Å²) < 4.78 is 11.0. The van der Waals surface area contributed by atoms with Crippen LogP contribution in [0.15, 0.2) is 69.9 Å². The van der Waals surface area contributed by atoms with Gasteiger partial charge in [0.05, 0.1) is 12.5 Å². The van der Waals surface area contributed by atoms with Gasteiger partial charge in [0.2, 0.25) is 0 Å². The lowest BCUT2D eigenvalue weighted by Crippen LogP contribution is -2.47. The van der Waals surface area contributed by atoms with Gasteiger partial charge in [-0.05, 0) is 61.6 Å². The number of nitrogens with zero attached hydrogens (tertiary/aromatic N) is 1. The third-order valence-electron chi connectivity index (χ3n) is 6.20. The number of benzene rings is 1. The zero-order chi connectivity index (χ0) is 22.3. The zero-order valence-electron chi connectivity index (χ0n) is 18.5. The molecular weight excluding hydrogens is 404 g/mol. The van der Waals surface area contributed by atoms with Crippen LogP contribution in [-0.2, 0) is 11.2 Å². The monoisotopic (exact) mass is 434 g/mol. The van der Waals surface area contributed by atoms with Crippen molar-refractivity contribution in [2.24, 2.45) is 0 Å². The molecule has 3 aromatic rings. The molecule has 0 spiro atoms. The van der Waals surface area contributed by atoms with Crippen molar-refractivity contribution in [3.63, 3.8) is 0 Å². The minimum absolute atomic E-state index is 0.130. The van der Waals surface area contributed by atoms with Gasteiger partial charge in [0.1, 0.15) is 5.76 Å². The minimum Gasteiger partial charge on any atom is -0.467 e. The van der Waals surface area contributed by atoms with E-state index < -0.39 is 6.04 Å². The summed E-state index contributed by atoms with van der Waals surface area (Å²) >= 11 is 0. The average molecular weight is 435 g/mol. The lowest BCUT2D eigenvalue weighted by atomic mass is 9.95. The number of amides is 2. The van der Waals surface area contributed by atoms with Crippen molar-refractivity contribution in [2.75, 3.05) is 6.54 Å². The summed E-state index contributed by atoms with van der Waals surface area (Å²) in [4.78, 5) is 28.5. The second-order valence-corrected chi connectivity index (χ2v) is 8.41. The number of aryl methyl sites for hydroxylation is 1. The highest BCUT2D eigenvalue weighted by Gasteiger charge is 2.36. The van der Waals surface area contributed by atoms with Crippen LogP contribution >= 0.6 is 0 Å². The predicted octanol–water partition coefficient (Wildman–Crippen LogP) is 5.06. The Hall–Kier alpha value is -3.28. The summed E-state index contributed by atoms with van der Waals surface area (Å²) in [5.74, 6) is 0.111. The molecule has 0 saturated heterocycles. The first-order valence-electron chi connectivity index (χ1n) is 11.4. The molecule has 1 N–H and O–H groups in total. The molecule has 2 amide bonds. The normalized spacial score (nSPS) is 15.3. The molecule has 0 unspecified atom stereocenters. The zero-order valence-corrected chi connectivity index (χ0v) is 18.5. The van der Waals surface area contributed by atoms with E-state index in [-0.39, 0.29) is 23.6 Å². The van der Waals surface area contributed by atoms with E-state index in [4.69, 9.17) is 8.83 Å². The molecule has 6 nitrogen and oxygen atoms in total. The van der Waals surface area contributed by atoms with Crippen LogP contribution in [0.25, 0.3) is 0 Å². The highest BCUT2D eigenvalue weighted by Crippen LogP contribution is 2.26. The topological polar surface area (TPSA) is 75.7 Å². The molecule has 1 aliphatic carbocycles. The van der Waals surface area contributed by atoms with E-state index in [1.165, 1.54) is 18.9 Å². The highest BCUT2D eigenvalue weighted by molar-refractivity contribution is 5.95. The molecule has 168 valence electrons. The van der Waals surface area contributed by atoms with Gasteiger partial charge in [0, 0.05) is 12.6 Å². The molecule has 6 heteroatoms. The van der Waals surface area contributed by atoms with Crippen LogP contribution < -0.4 is 5.32 Å². The van der Waals surface area contributed by atoms with Gasteiger partial charge < -0.3 is 19.1 Å². The lowest BCUT2D eigenvalue weighted by Gasteiger charge is -2.31. The van der Waals surface area contributed by atoms with Crippen molar-refractivity contribution in [1.29, 1.82) is 0 Å². The predicted molar refractivity (Wildman–Crippen MR) is 121 cm³/mol. The van der Waals surface area contributed by atoms with Crippen molar-refractivity contribution < 1.29 is 18.4 Å². The first kappa shape index (κ1) is 21.9. The Balaban J connectivity index is 1.63. The fraction of sp³-hybridized carbons (Fsp3) is 0.385. The number of hydrogen-bond donors (Lipinski definition) is 1. The molecule has 1 atom stereocenters. The van der Waals surface area contributed by atoms with E-state index in [2.05, 4.69) is 11.4 Å². The van der Waals surface area contributed by atoms with Crippen molar-refractivity contribution in [2.45, 2.75) is 57.5 Å². The van der Waals surface area contributed by atoms with Crippen LogP contribution in [0, 0.1) is 6.92 Å². The van der Waals surface area contributed by atoms with Crippen LogP contribution in [0.4, 0.5) is 0 Å². The SMILES string of the molecule is Cc1ccccc1CCN(C(=O)c1ccco1)[C@H](C(=O)NC1CCCCC1)c1ccco1. The maximum absolute atomic E-state index is 13.5. The molecular formula is C26H30N2O4. The molecule has 1 aliphatic rings. The van der Waals surface area contributed by atoms with Crippen molar-refractivity contribution >= 4 is 11.8 Å². The average Bonchev–Trinajstić information content (AvgIpc) is 3.52. The maximum atomic E-state index is 13.5. The van der Waals surface area contributed by atoms with Crippen LogP contribution in [-0.4, -0.2) is 29.3 Å². The van der Waals surface area contributed by atoms with Gasteiger partial charge in [0.25, 0.3) is 11.8 Å².